The fourth-order valence-electron chi connectivity index (χ4n) is 2.66. The smallest absolute Gasteiger partial charge is 0.223 e. The number of hydrogen-bond acceptors (Lipinski definition) is 2. The van der Waals surface area contributed by atoms with E-state index in [1.165, 1.54) is 5.56 Å². The number of hydrogen-bond donors (Lipinski definition) is 1. The minimum Gasteiger partial charge on any atom is -0.334 e. The molecule has 1 fully saturated rings. The largest absolute Gasteiger partial charge is 0.334 e. The highest BCUT2D eigenvalue weighted by atomic mass is 16.2. The van der Waals surface area contributed by atoms with Crippen LogP contribution in [-0.2, 0) is 4.79 Å². The number of nitrogens with zero attached hydrogens (tertiary/aromatic N) is 1. The van der Waals surface area contributed by atoms with Crippen LogP contribution >= 0.6 is 0 Å². The van der Waals surface area contributed by atoms with Crippen molar-refractivity contribution in [1.29, 1.82) is 0 Å². The van der Waals surface area contributed by atoms with Gasteiger partial charge in [0.2, 0.25) is 5.91 Å². The quantitative estimate of drug-likeness (QED) is 0.906. The van der Waals surface area contributed by atoms with Gasteiger partial charge >= 0.3 is 0 Å². The van der Waals surface area contributed by atoms with Gasteiger partial charge in [-0.15, -0.1) is 0 Å². The van der Waals surface area contributed by atoms with Crippen LogP contribution < -0.4 is 5.32 Å². The molecule has 0 saturated carbocycles. The van der Waals surface area contributed by atoms with Crippen molar-refractivity contribution < 1.29 is 4.79 Å². The molecule has 1 N–H and O–H groups in total. The SMILES string of the molecule is CCCC(=O)N1CC(c2ccccc2)NCC1(C)C. The molecule has 0 spiro atoms. The Balaban J connectivity index is 2.14. The normalized spacial score (nSPS) is 22.3. The van der Waals surface area contributed by atoms with Gasteiger partial charge in [-0.1, -0.05) is 37.3 Å². The maximum Gasteiger partial charge on any atom is 0.223 e. The second kappa shape index (κ2) is 5.74. The van der Waals surface area contributed by atoms with Crippen molar-refractivity contribution in [2.45, 2.75) is 45.2 Å². The predicted octanol–water partition coefficient (Wildman–Crippen LogP) is 2.74. The summed E-state index contributed by atoms with van der Waals surface area (Å²) in [7, 11) is 0. The van der Waals surface area contributed by atoms with Gasteiger partial charge in [0, 0.05) is 31.1 Å². The molecule has 1 aromatic carbocycles. The molecule has 1 unspecified atom stereocenters. The van der Waals surface area contributed by atoms with Crippen LogP contribution in [0.3, 0.4) is 0 Å². The lowest BCUT2D eigenvalue weighted by Gasteiger charge is -2.46. The van der Waals surface area contributed by atoms with Crippen molar-refractivity contribution in [1.82, 2.24) is 10.2 Å². The first-order chi connectivity index (χ1) is 9.04. The predicted molar refractivity (Wildman–Crippen MR) is 77.9 cm³/mol. The molecule has 1 amide bonds. The Bertz CT molecular complexity index is 428. The number of piperazine rings is 1. The van der Waals surface area contributed by atoms with Crippen LogP contribution in [0.4, 0.5) is 0 Å². The summed E-state index contributed by atoms with van der Waals surface area (Å²) in [6.07, 6.45) is 1.56. The Morgan fingerprint density at radius 1 is 1.37 bits per heavy atom. The molecular formula is C16H24N2O. The van der Waals surface area contributed by atoms with Gasteiger partial charge < -0.3 is 10.2 Å². The summed E-state index contributed by atoms with van der Waals surface area (Å²) in [6, 6.07) is 10.6. The van der Waals surface area contributed by atoms with E-state index < -0.39 is 0 Å². The van der Waals surface area contributed by atoms with Gasteiger partial charge in [-0.3, -0.25) is 4.79 Å². The molecule has 0 bridgehead atoms. The van der Waals surface area contributed by atoms with Crippen LogP contribution in [-0.4, -0.2) is 29.4 Å². The number of nitrogens with one attached hydrogen (secondary N) is 1. The topological polar surface area (TPSA) is 32.3 Å². The fourth-order valence-corrected chi connectivity index (χ4v) is 2.66. The third-order valence-corrected chi connectivity index (χ3v) is 3.84. The molecule has 0 aromatic heterocycles. The van der Waals surface area contributed by atoms with Crippen LogP contribution in [0.15, 0.2) is 30.3 Å². The summed E-state index contributed by atoms with van der Waals surface area (Å²) >= 11 is 0. The monoisotopic (exact) mass is 260 g/mol. The molecule has 3 heteroatoms. The molecule has 1 atom stereocenters. The highest BCUT2D eigenvalue weighted by molar-refractivity contribution is 5.77. The Labute approximate surface area is 116 Å². The molecule has 0 radical (unpaired) electrons. The van der Waals surface area contributed by atoms with E-state index in [4.69, 9.17) is 0 Å². The molecule has 0 aliphatic carbocycles. The summed E-state index contributed by atoms with van der Waals surface area (Å²) < 4.78 is 0. The molecule has 1 aliphatic rings. The average Bonchev–Trinajstić information content (AvgIpc) is 2.39. The van der Waals surface area contributed by atoms with Gasteiger partial charge in [-0.25, -0.2) is 0 Å². The van der Waals surface area contributed by atoms with Gasteiger partial charge in [0.25, 0.3) is 0 Å². The van der Waals surface area contributed by atoms with Crippen molar-refractivity contribution in [2.75, 3.05) is 13.1 Å². The molecule has 2 rings (SSSR count). The van der Waals surface area contributed by atoms with Crippen molar-refractivity contribution in [3.05, 3.63) is 35.9 Å². The Morgan fingerprint density at radius 3 is 2.68 bits per heavy atom. The maximum atomic E-state index is 12.3. The van der Waals surface area contributed by atoms with Crippen LogP contribution in [0.25, 0.3) is 0 Å². The van der Waals surface area contributed by atoms with Gasteiger partial charge in [0.15, 0.2) is 0 Å². The lowest BCUT2D eigenvalue weighted by atomic mass is 9.94. The zero-order valence-electron chi connectivity index (χ0n) is 12.1. The molecule has 1 aromatic rings. The number of carbonyl (C=O) groups excluding carboxylic acids is 1. The minimum atomic E-state index is -0.0997. The van der Waals surface area contributed by atoms with E-state index in [-0.39, 0.29) is 17.5 Å². The van der Waals surface area contributed by atoms with E-state index in [1.54, 1.807) is 0 Å². The average molecular weight is 260 g/mol. The van der Waals surface area contributed by atoms with Crippen molar-refractivity contribution in [3.63, 3.8) is 0 Å². The molecule has 104 valence electrons. The Kier molecular flexibility index (Phi) is 4.25. The Hall–Kier alpha value is -1.35. The van der Waals surface area contributed by atoms with Gasteiger partial charge in [0.1, 0.15) is 0 Å². The Morgan fingerprint density at radius 2 is 2.05 bits per heavy atom. The second-order valence-corrected chi connectivity index (χ2v) is 5.91. The number of carbonyl (C=O) groups is 1. The summed E-state index contributed by atoms with van der Waals surface area (Å²) in [5, 5.41) is 3.56. The maximum absolute atomic E-state index is 12.3. The third kappa shape index (κ3) is 3.16. The van der Waals surface area contributed by atoms with Gasteiger partial charge in [-0.05, 0) is 25.8 Å². The molecule has 1 saturated heterocycles. The van der Waals surface area contributed by atoms with Crippen molar-refractivity contribution >= 4 is 5.91 Å². The van der Waals surface area contributed by atoms with E-state index in [0.717, 1.165) is 19.5 Å². The highest BCUT2D eigenvalue weighted by Crippen LogP contribution is 2.26. The van der Waals surface area contributed by atoms with Crippen LogP contribution in [0.2, 0.25) is 0 Å². The van der Waals surface area contributed by atoms with E-state index in [9.17, 15) is 4.79 Å². The second-order valence-electron chi connectivity index (χ2n) is 5.91. The summed E-state index contributed by atoms with van der Waals surface area (Å²) in [6.45, 7) is 7.92. The lowest BCUT2D eigenvalue weighted by Crippen LogP contribution is -2.60. The van der Waals surface area contributed by atoms with Crippen molar-refractivity contribution in [2.24, 2.45) is 0 Å². The minimum absolute atomic E-state index is 0.0997. The molecule has 19 heavy (non-hydrogen) atoms. The zero-order chi connectivity index (χ0) is 13.9. The van der Waals surface area contributed by atoms with E-state index in [0.29, 0.717) is 6.42 Å². The number of benzene rings is 1. The van der Waals surface area contributed by atoms with Crippen LogP contribution in [0.5, 0.6) is 0 Å². The van der Waals surface area contributed by atoms with Gasteiger partial charge in [-0.2, -0.15) is 0 Å². The number of amides is 1. The van der Waals surface area contributed by atoms with Gasteiger partial charge in [0.05, 0.1) is 0 Å². The first kappa shape index (κ1) is 14.1. The van der Waals surface area contributed by atoms with Crippen LogP contribution in [0, 0.1) is 0 Å². The van der Waals surface area contributed by atoms with E-state index >= 15 is 0 Å². The van der Waals surface area contributed by atoms with E-state index in [1.807, 2.05) is 11.0 Å². The number of rotatable bonds is 3. The summed E-state index contributed by atoms with van der Waals surface area (Å²) in [5.74, 6) is 0.273. The fraction of sp³-hybridized carbons (Fsp3) is 0.562. The highest BCUT2D eigenvalue weighted by Gasteiger charge is 2.36. The first-order valence-corrected chi connectivity index (χ1v) is 7.13. The third-order valence-electron chi connectivity index (χ3n) is 3.84. The molecular weight excluding hydrogens is 236 g/mol. The molecule has 3 nitrogen and oxygen atoms in total. The standard InChI is InChI=1S/C16H24N2O/c1-4-8-15(19)18-11-14(17-12-16(18,2)3)13-9-6-5-7-10-13/h5-7,9-10,14,17H,4,8,11-12H2,1-3H3. The van der Waals surface area contributed by atoms with Crippen molar-refractivity contribution in [3.8, 4) is 0 Å². The summed E-state index contributed by atoms with van der Waals surface area (Å²) in [4.78, 5) is 14.3. The first-order valence-electron chi connectivity index (χ1n) is 7.13. The summed E-state index contributed by atoms with van der Waals surface area (Å²) in [5.41, 5.74) is 1.16. The zero-order valence-corrected chi connectivity index (χ0v) is 12.1. The van der Waals surface area contributed by atoms with Crippen LogP contribution in [0.1, 0.15) is 45.2 Å². The lowest BCUT2D eigenvalue weighted by molar-refractivity contribution is -0.138. The molecule has 1 heterocycles. The molecule has 1 aliphatic heterocycles. The van der Waals surface area contributed by atoms with E-state index in [2.05, 4.69) is 50.4 Å².